The number of hydrogen-bond acceptors (Lipinski definition) is 5. The first-order chi connectivity index (χ1) is 11.3. The zero-order chi connectivity index (χ0) is 17.7. The average Bonchev–Trinajstić information content (AvgIpc) is 2.58. The number of esters is 1. The van der Waals surface area contributed by atoms with E-state index in [9.17, 15) is 13.2 Å². The van der Waals surface area contributed by atoms with Gasteiger partial charge in [0.05, 0.1) is 17.6 Å². The van der Waals surface area contributed by atoms with Crippen LogP contribution in [0.3, 0.4) is 0 Å². The minimum atomic E-state index is -3.17. The van der Waals surface area contributed by atoms with Crippen molar-refractivity contribution in [1.82, 2.24) is 5.32 Å². The first-order valence-electron chi connectivity index (χ1n) is 7.52. The van der Waals surface area contributed by atoms with Crippen molar-refractivity contribution < 1.29 is 17.9 Å². The summed E-state index contributed by atoms with van der Waals surface area (Å²) in [5, 5.41) is 3.37. The normalized spacial score (nSPS) is 12.6. The predicted molar refractivity (Wildman–Crippen MR) is 92.6 cm³/mol. The molecule has 0 radical (unpaired) electrons. The summed E-state index contributed by atoms with van der Waals surface area (Å²) in [6, 6.07) is 14.1. The van der Waals surface area contributed by atoms with Gasteiger partial charge in [-0.25, -0.2) is 13.2 Å². The van der Waals surface area contributed by atoms with Crippen LogP contribution in [0.15, 0.2) is 53.4 Å². The fourth-order valence-electron chi connectivity index (χ4n) is 2.27. The lowest BCUT2D eigenvalue weighted by atomic mass is 10.1. The van der Waals surface area contributed by atoms with Gasteiger partial charge in [-0.1, -0.05) is 24.3 Å². The molecule has 0 bridgehead atoms. The van der Waals surface area contributed by atoms with Gasteiger partial charge in [0.2, 0.25) is 0 Å². The van der Waals surface area contributed by atoms with Crippen molar-refractivity contribution in [2.45, 2.75) is 24.4 Å². The van der Waals surface area contributed by atoms with E-state index in [1.54, 1.807) is 24.3 Å². The van der Waals surface area contributed by atoms with Crippen molar-refractivity contribution in [2.24, 2.45) is 0 Å². The molecule has 0 heterocycles. The Morgan fingerprint density at radius 2 is 1.67 bits per heavy atom. The van der Waals surface area contributed by atoms with E-state index in [0.717, 1.165) is 11.1 Å². The molecule has 1 unspecified atom stereocenters. The highest BCUT2D eigenvalue weighted by Crippen LogP contribution is 2.17. The zero-order valence-electron chi connectivity index (χ0n) is 13.9. The predicted octanol–water partition coefficient (Wildman–Crippen LogP) is 2.73. The molecule has 2 aromatic carbocycles. The summed E-state index contributed by atoms with van der Waals surface area (Å²) >= 11 is 0. The van der Waals surface area contributed by atoms with Gasteiger partial charge in [0.15, 0.2) is 9.84 Å². The van der Waals surface area contributed by atoms with E-state index in [2.05, 4.69) is 10.1 Å². The van der Waals surface area contributed by atoms with E-state index in [-0.39, 0.29) is 12.0 Å². The number of benzene rings is 2. The highest BCUT2D eigenvalue weighted by molar-refractivity contribution is 7.90. The van der Waals surface area contributed by atoms with Gasteiger partial charge >= 0.3 is 5.97 Å². The van der Waals surface area contributed by atoms with Crippen LogP contribution in [-0.2, 0) is 21.1 Å². The van der Waals surface area contributed by atoms with Crippen molar-refractivity contribution in [3.8, 4) is 0 Å². The van der Waals surface area contributed by atoms with Crippen LogP contribution in [0.2, 0.25) is 0 Å². The Labute approximate surface area is 142 Å². The van der Waals surface area contributed by atoms with Gasteiger partial charge in [0, 0.05) is 18.8 Å². The number of hydrogen-bond donors (Lipinski definition) is 1. The standard InChI is InChI=1S/C18H21NO4S/c1-13(15-8-10-17(11-9-15)24(3,21)22)19-12-14-4-6-16(7-5-14)18(20)23-2/h4-11,13,19H,12H2,1-3H3. The van der Waals surface area contributed by atoms with Gasteiger partial charge in [0.25, 0.3) is 0 Å². The molecule has 5 nitrogen and oxygen atoms in total. The molecule has 2 aromatic rings. The van der Waals surface area contributed by atoms with Gasteiger partial charge in [0.1, 0.15) is 0 Å². The van der Waals surface area contributed by atoms with E-state index >= 15 is 0 Å². The number of carbonyl (C=O) groups is 1. The highest BCUT2D eigenvalue weighted by Gasteiger charge is 2.10. The number of sulfone groups is 1. The first-order valence-corrected chi connectivity index (χ1v) is 9.41. The minimum Gasteiger partial charge on any atom is -0.465 e. The van der Waals surface area contributed by atoms with E-state index in [4.69, 9.17) is 0 Å². The lowest BCUT2D eigenvalue weighted by Gasteiger charge is -2.15. The maximum absolute atomic E-state index is 11.5. The molecule has 0 fully saturated rings. The molecule has 128 valence electrons. The molecule has 24 heavy (non-hydrogen) atoms. The molecular weight excluding hydrogens is 326 g/mol. The third kappa shape index (κ3) is 4.66. The fraction of sp³-hybridized carbons (Fsp3) is 0.278. The Balaban J connectivity index is 1.97. The van der Waals surface area contributed by atoms with E-state index in [1.807, 2.05) is 31.2 Å². The lowest BCUT2D eigenvalue weighted by molar-refractivity contribution is 0.0600. The van der Waals surface area contributed by atoms with Crippen molar-refractivity contribution in [3.63, 3.8) is 0 Å². The van der Waals surface area contributed by atoms with E-state index in [1.165, 1.54) is 13.4 Å². The zero-order valence-corrected chi connectivity index (χ0v) is 14.8. The molecule has 0 aromatic heterocycles. The Bertz CT molecular complexity index is 796. The Kier molecular flexibility index (Phi) is 5.75. The quantitative estimate of drug-likeness (QED) is 0.814. The summed E-state index contributed by atoms with van der Waals surface area (Å²) in [6.07, 6.45) is 1.20. The molecule has 0 spiro atoms. The monoisotopic (exact) mass is 347 g/mol. The summed E-state index contributed by atoms with van der Waals surface area (Å²) in [5.41, 5.74) is 2.57. The molecule has 2 rings (SSSR count). The van der Waals surface area contributed by atoms with Crippen LogP contribution < -0.4 is 5.32 Å². The van der Waals surface area contributed by atoms with Crippen LogP contribution in [0.5, 0.6) is 0 Å². The maximum Gasteiger partial charge on any atom is 0.337 e. The molecule has 6 heteroatoms. The summed E-state index contributed by atoms with van der Waals surface area (Å²) in [5.74, 6) is -0.353. The lowest BCUT2D eigenvalue weighted by Crippen LogP contribution is -2.18. The average molecular weight is 347 g/mol. The van der Waals surface area contributed by atoms with Gasteiger partial charge in [-0.2, -0.15) is 0 Å². The molecule has 0 aliphatic carbocycles. The Morgan fingerprint density at radius 1 is 1.08 bits per heavy atom. The van der Waals surface area contributed by atoms with Crippen molar-refractivity contribution in [1.29, 1.82) is 0 Å². The summed E-state index contributed by atoms with van der Waals surface area (Å²) in [7, 11) is -1.82. The molecule has 0 aliphatic rings. The van der Waals surface area contributed by atoms with Crippen LogP contribution in [0.1, 0.15) is 34.5 Å². The van der Waals surface area contributed by atoms with Gasteiger partial charge in [-0.05, 0) is 42.3 Å². The molecule has 0 aliphatic heterocycles. The maximum atomic E-state index is 11.5. The summed E-state index contributed by atoms with van der Waals surface area (Å²) in [6.45, 7) is 2.65. The fourth-order valence-corrected chi connectivity index (χ4v) is 2.90. The first kappa shape index (κ1) is 18.2. The number of methoxy groups -OCH3 is 1. The minimum absolute atomic E-state index is 0.0684. The SMILES string of the molecule is COC(=O)c1ccc(CNC(C)c2ccc(S(C)(=O)=O)cc2)cc1. The van der Waals surface area contributed by atoms with Crippen molar-refractivity contribution >= 4 is 15.8 Å². The Hall–Kier alpha value is -2.18. The Morgan fingerprint density at radius 3 is 2.17 bits per heavy atom. The van der Waals surface area contributed by atoms with E-state index in [0.29, 0.717) is 17.0 Å². The number of nitrogens with one attached hydrogen (secondary N) is 1. The van der Waals surface area contributed by atoms with Gasteiger partial charge in [-0.15, -0.1) is 0 Å². The largest absolute Gasteiger partial charge is 0.465 e. The van der Waals surface area contributed by atoms with Gasteiger partial charge < -0.3 is 10.1 Å². The second-order valence-corrected chi connectivity index (χ2v) is 7.65. The summed E-state index contributed by atoms with van der Waals surface area (Å²) in [4.78, 5) is 11.7. The summed E-state index contributed by atoms with van der Waals surface area (Å²) < 4.78 is 27.6. The van der Waals surface area contributed by atoms with Crippen LogP contribution in [0.25, 0.3) is 0 Å². The third-order valence-electron chi connectivity index (χ3n) is 3.80. The second-order valence-electron chi connectivity index (χ2n) is 5.63. The van der Waals surface area contributed by atoms with Crippen LogP contribution in [-0.4, -0.2) is 27.8 Å². The third-order valence-corrected chi connectivity index (χ3v) is 4.92. The van der Waals surface area contributed by atoms with Gasteiger partial charge in [-0.3, -0.25) is 0 Å². The molecule has 0 amide bonds. The van der Waals surface area contributed by atoms with Crippen molar-refractivity contribution in [2.75, 3.05) is 13.4 Å². The van der Waals surface area contributed by atoms with Crippen molar-refractivity contribution in [3.05, 3.63) is 65.2 Å². The van der Waals surface area contributed by atoms with Crippen LogP contribution >= 0.6 is 0 Å². The smallest absolute Gasteiger partial charge is 0.337 e. The molecule has 1 atom stereocenters. The molecule has 0 saturated carbocycles. The molecule has 0 saturated heterocycles. The number of ether oxygens (including phenoxy) is 1. The van der Waals surface area contributed by atoms with Crippen LogP contribution in [0, 0.1) is 0 Å². The molecular formula is C18H21NO4S. The topological polar surface area (TPSA) is 72.5 Å². The van der Waals surface area contributed by atoms with E-state index < -0.39 is 9.84 Å². The highest BCUT2D eigenvalue weighted by atomic mass is 32.2. The molecule has 1 N–H and O–H groups in total. The van der Waals surface area contributed by atoms with Crippen LogP contribution in [0.4, 0.5) is 0 Å². The second kappa shape index (κ2) is 7.59. The number of carbonyl (C=O) groups excluding carboxylic acids is 1. The number of rotatable bonds is 6.